The lowest BCUT2D eigenvalue weighted by atomic mass is 10.3. The summed E-state index contributed by atoms with van der Waals surface area (Å²) >= 11 is 4.36. The van der Waals surface area contributed by atoms with Gasteiger partial charge in [0, 0.05) is 31.4 Å². The van der Waals surface area contributed by atoms with E-state index in [1.165, 1.54) is 26.1 Å². The highest BCUT2D eigenvalue weighted by atomic mass is 32.1. The van der Waals surface area contributed by atoms with Crippen LogP contribution in [0.5, 0.6) is 0 Å². The van der Waals surface area contributed by atoms with Gasteiger partial charge in [0.1, 0.15) is 0 Å². The average molecular weight is 174 g/mol. The Kier molecular flexibility index (Phi) is 4.26. The van der Waals surface area contributed by atoms with Gasteiger partial charge < -0.3 is 10.2 Å². The van der Waals surface area contributed by atoms with Gasteiger partial charge in [0.05, 0.1) is 0 Å². The van der Waals surface area contributed by atoms with E-state index in [0.717, 1.165) is 13.1 Å². The fourth-order valence-corrected chi connectivity index (χ4v) is 1.42. The number of nitrogens with one attached hydrogen (secondary N) is 1. The number of hydrogen-bond acceptors (Lipinski definition) is 3. The second-order valence-corrected chi connectivity index (χ2v) is 4.11. The van der Waals surface area contributed by atoms with E-state index >= 15 is 0 Å². The average Bonchev–Trinajstić information content (AvgIpc) is 2.03. The third-order valence-electron chi connectivity index (χ3n) is 2.07. The van der Waals surface area contributed by atoms with Crippen molar-refractivity contribution >= 4 is 12.6 Å². The first-order valence-corrected chi connectivity index (χ1v) is 4.92. The Bertz CT molecular complexity index is 100. The van der Waals surface area contributed by atoms with Crippen molar-refractivity contribution in [1.82, 2.24) is 10.2 Å². The highest BCUT2D eigenvalue weighted by Gasteiger charge is 2.08. The van der Waals surface area contributed by atoms with Gasteiger partial charge in [-0.2, -0.15) is 12.6 Å². The zero-order valence-corrected chi connectivity index (χ0v) is 8.11. The number of nitrogens with zero attached hydrogens (tertiary/aromatic N) is 1. The molecular weight excluding hydrogens is 156 g/mol. The van der Waals surface area contributed by atoms with Crippen LogP contribution in [0.15, 0.2) is 0 Å². The van der Waals surface area contributed by atoms with Crippen molar-refractivity contribution < 1.29 is 0 Å². The molecule has 1 fully saturated rings. The molecule has 0 aromatic carbocycles. The molecule has 1 aliphatic rings. The van der Waals surface area contributed by atoms with Crippen molar-refractivity contribution in [3.05, 3.63) is 0 Å². The number of piperazine rings is 1. The van der Waals surface area contributed by atoms with Gasteiger partial charge in [0.15, 0.2) is 0 Å². The van der Waals surface area contributed by atoms with Crippen molar-refractivity contribution in [3.63, 3.8) is 0 Å². The summed E-state index contributed by atoms with van der Waals surface area (Å²) in [6.07, 6.45) is 1.21. The molecule has 3 heteroatoms. The molecule has 1 rings (SSSR count). The maximum atomic E-state index is 4.36. The van der Waals surface area contributed by atoms with Crippen molar-refractivity contribution in [2.45, 2.75) is 18.6 Å². The molecule has 1 aliphatic heterocycles. The SMILES string of the molecule is C[C@H](S)CCN1CCNCC1. The Morgan fingerprint density at radius 1 is 1.45 bits per heavy atom. The third kappa shape index (κ3) is 3.99. The van der Waals surface area contributed by atoms with Crippen LogP contribution in [-0.2, 0) is 0 Å². The maximum Gasteiger partial charge on any atom is 0.0107 e. The van der Waals surface area contributed by atoms with E-state index < -0.39 is 0 Å². The van der Waals surface area contributed by atoms with E-state index in [9.17, 15) is 0 Å². The molecule has 0 unspecified atom stereocenters. The minimum absolute atomic E-state index is 0.546. The minimum atomic E-state index is 0.546. The Balaban J connectivity index is 2.05. The summed E-state index contributed by atoms with van der Waals surface area (Å²) in [6, 6.07) is 0. The fraction of sp³-hybridized carbons (Fsp3) is 1.00. The molecule has 0 aliphatic carbocycles. The maximum absolute atomic E-state index is 4.36. The van der Waals surface area contributed by atoms with E-state index in [4.69, 9.17) is 0 Å². The van der Waals surface area contributed by atoms with Crippen LogP contribution in [0.4, 0.5) is 0 Å². The first-order chi connectivity index (χ1) is 5.29. The van der Waals surface area contributed by atoms with Crippen molar-refractivity contribution in [2.75, 3.05) is 32.7 Å². The molecule has 2 nitrogen and oxygen atoms in total. The van der Waals surface area contributed by atoms with E-state index in [1.54, 1.807) is 0 Å². The van der Waals surface area contributed by atoms with E-state index in [1.807, 2.05) is 0 Å². The van der Waals surface area contributed by atoms with Crippen molar-refractivity contribution in [2.24, 2.45) is 0 Å². The molecule has 0 bridgehead atoms. The van der Waals surface area contributed by atoms with E-state index in [-0.39, 0.29) is 0 Å². The first kappa shape index (κ1) is 9.36. The lowest BCUT2D eigenvalue weighted by molar-refractivity contribution is 0.239. The van der Waals surface area contributed by atoms with E-state index in [0.29, 0.717) is 5.25 Å². The van der Waals surface area contributed by atoms with Crippen LogP contribution in [0.1, 0.15) is 13.3 Å². The summed E-state index contributed by atoms with van der Waals surface area (Å²) < 4.78 is 0. The van der Waals surface area contributed by atoms with Crippen LogP contribution < -0.4 is 5.32 Å². The summed E-state index contributed by atoms with van der Waals surface area (Å²) in [5.41, 5.74) is 0. The van der Waals surface area contributed by atoms with Gasteiger partial charge in [-0.1, -0.05) is 6.92 Å². The Labute approximate surface area is 74.8 Å². The standard InChI is InChI=1S/C8H18N2S/c1-8(11)2-5-10-6-3-9-4-7-10/h8-9,11H,2-7H2,1H3/t8-/m0/s1. The lowest BCUT2D eigenvalue weighted by Crippen LogP contribution is -2.44. The van der Waals surface area contributed by atoms with E-state index in [2.05, 4.69) is 29.8 Å². The van der Waals surface area contributed by atoms with Crippen LogP contribution in [0.3, 0.4) is 0 Å². The molecule has 1 atom stereocenters. The van der Waals surface area contributed by atoms with Gasteiger partial charge in [0.25, 0.3) is 0 Å². The summed E-state index contributed by atoms with van der Waals surface area (Å²) in [4.78, 5) is 2.50. The Morgan fingerprint density at radius 2 is 2.09 bits per heavy atom. The third-order valence-corrected chi connectivity index (χ3v) is 2.33. The van der Waals surface area contributed by atoms with Crippen LogP contribution in [0.25, 0.3) is 0 Å². The smallest absolute Gasteiger partial charge is 0.0107 e. The summed E-state index contributed by atoms with van der Waals surface area (Å²) in [5, 5.41) is 3.89. The molecule has 1 heterocycles. The summed E-state index contributed by atoms with van der Waals surface area (Å²) in [5.74, 6) is 0. The highest BCUT2D eigenvalue weighted by Crippen LogP contribution is 2.02. The second-order valence-electron chi connectivity index (χ2n) is 3.23. The van der Waals surface area contributed by atoms with Gasteiger partial charge in [-0.25, -0.2) is 0 Å². The Morgan fingerprint density at radius 3 is 2.64 bits per heavy atom. The second kappa shape index (κ2) is 5.01. The van der Waals surface area contributed by atoms with Gasteiger partial charge in [-0.15, -0.1) is 0 Å². The monoisotopic (exact) mass is 174 g/mol. The van der Waals surface area contributed by atoms with Gasteiger partial charge >= 0.3 is 0 Å². The summed E-state index contributed by atoms with van der Waals surface area (Å²) in [6.45, 7) is 8.10. The van der Waals surface area contributed by atoms with Crippen LogP contribution in [0, 0.1) is 0 Å². The largest absolute Gasteiger partial charge is 0.314 e. The molecule has 0 saturated carbocycles. The molecule has 0 radical (unpaired) electrons. The molecule has 0 spiro atoms. The molecule has 1 N–H and O–H groups in total. The fourth-order valence-electron chi connectivity index (χ4n) is 1.30. The molecule has 1 saturated heterocycles. The number of hydrogen-bond donors (Lipinski definition) is 2. The van der Waals surface area contributed by atoms with Crippen LogP contribution >= 0.6 is 12.6 Å². The molecule has 0 aromatic rings. The van der Waals surface area contributed by atoms with Crippen molar-refractivity contribution in [3.8, 4) is 0 Å². The van der Waals surface area contributed by atoms with Crippen LogP contribution in [0.2, 0.25) is 0 Å². The number of rotatable bonds is 3. The Hall–Kier alpha value is 0.270. The topological polar surface area (TPSA) is 15.3 Å². The predicted molar refractivity (Wildman–Crippen MR) is 52.4 cm³/mol. The van der Waals surface area contributed by atoms with Crippen LogP contribution in [-0.4, -0.2) is 42.9 Å². The molecule has 11 heavy (non-hydrogen) atoms. The first-order valence-electron chi connectivity index (χ1n) is 4.40. The summed E-state index contributed by atoms with van der Waals surface area (Å²) in [7, 11) is 0. The van der Waals surface area contributed by atoms with Crippen molar-refractivity contribution in [1.29, 1.82) is 0 Å². The zero-order chi connectivity index (χ0) is 8.10. The van der Waals surface area contributed by atoms with Gasteiger partial charge in [0.2, 0.25) is 0 Å². The molecular formula is C8H18N2S. The van der Waals surface area contributed by atoms with Gasteiger partial charge in [-0.05, 0) is 13.0 Å². The van der Waals surface area contributed by atoms with Gasteiger partial charge in [-0.3, -0.25) is 0 Å². The normalized spacial score (nSPS) is 23.5. The molecule has 0 aromatic heterocycles. The lowest BCUT2D eigenvalue weighted by Gasteiger charge is -2.27. The molecule has 0 amide bonds. The highest BCUT2D eigenvalue weighted by molar-refractivity contribution is 7.80. The zero-order valence-electron chi connectivity index (χ0n) is 7.21. The predicted octanol–water partition coefficient (Wildman–Crippen LogP) is 0.600. The minimum Gasteiger partial charge on any atom is -0.314 e. The number of thiol groups is 1. The quantitative estimate of drug-likeness (QED) is 0.609. The molecule has 66 valence electrons.